The molecule has 0 aliphatic carbocycles. The van der Waals surface area contributed by atoms with Gasteiger partial charge in [-0.3, -0.25) is 4.90 Å². The summed E-state index contributed by atoms with van der Waals surface area (Å²) in [5, 5.41) is 3.66. The first kappa shape index (κ1) is 12.6. The van der Waals surface area contributed by atoms with Gasteiger partial charge >= 0.3 is 0 Å². The highest BCUT2D eigenvalue weighted by Gasteiger charge is 2.19. The van der Waals surface area contributed by atoms with Crippen LogP contribution in [0.25, 0.3) is 0 Å². The maximum absolute atomic E-state index is 3.66. The summed E-state index contributed by atoms with van der Waals surface area (Å²) in [7, 11) is 0. The van der Waals surface area contributed by atoms with Crippen molar-refractivity contribution in [1.82, 2.24) is 10.2 Å². The largest absolute Gasteiger partial charge is 0.312 e. The van der Waals surface area contributed by atoms with E-state index in [4.69, 9.17) is 0 Å². The van der Waals surface area contributed by atoms with Crippen LogP contribution in [0.3, 0.4) is 0 Å². The van der Waals surface area contributed by atoms with Crippen molar-refractivity contribution in [3.05, 3.63) is 35.9 Å². The van der Waals surface area contributed by atoms with Crippen molar-refractivity contribution in [1.29, 1.82) is 0 Å². The van der Waals surface area contributed by atoms with Gasteiger partial charge in [-0.05, 0) is 31.0 Å². The molecule has 1 saturated heterocycles. The van der Waals surface area contributed by atoms with E-state index in [0.29, 0.717) is 12.0 Å². The van der Waals surface area contributed by atoms with Crippen molar-refractivity contribution in [2.45, 2.75) is 32.9 Å². The Balaban J connectivity index is 1.95. The van der Waals surface area contributed by atoms with Crippen LogP contribution in [0.1, 0.15) is 25.8 Å². The van der Waals surface area contributed by atoms with Gasteiger partial charge in [-0.2, -0.15) is 0 Å². The van der Waals surface area contributed by atoms with Gasteiger partial charge in [0.05, 0.1) is 0 Å². The Hall–Kier alpha value is -0.860. The molecule has 1 fully saturated rings. The SMILES string of the molecule is CC(C)C1CN(Cc2ccccc2)CCCN1. The topological polar surface area (TPSA) is 15.3 Å². The maximum atomic E-state index is 3.66. The molecule has 0 saturated carbocycles. The lowest BCUT2D eigenvalue weighted by molar-refractivity contribution is 0.238. The van der Waals surface area contributed by atoms with Gasteiger partial charge in [-0.25, -0.2) is 0 Å². The van der Waals surface area contributed by atoms with Gasteiger partial charge in [0.15, 0.2) is 0 Å². The van der Waals surface area contributed by atoms with E-state index in [1.54, 1.807) is 0 Å². The number of rotatable bonds is 3. The standard InChI is InChI=1S/C15H24N2/c1-13(2)15-12-17(10-6-9-16-15)11-14-7-4-3-5-8-14/h3-5,7-8,13,15-16H,6,9-12H2,1-2H3. The van der Waals surface area contributed by atoms with E-state index < -0.39 is 0 Å². The molecule has 17 heavy (non-hydrogen) atoms. The quantitative estimate of drug-likeness (QED) is 0.861. The predicted molar refractivity (Wildman–Crippen MR) is 73.0 cm³/mol. The third-order valence-electron chi connectivity index (χ3n) is 3.57. The summed E-state index contributed by atoms with van der Waals surface area (Å²) in [4.78, 5) is 2.58. The van der Waals surface area contributed by atoms with E-state index >= 15 is 0 Å². The molecule has 1 atom stereocenters. The molecule has 1 aromatic rings. The highest BCUT2D eigenvalue weighted by Crippen LogP contribution is 2.12. The van der Waals surface area contributed by atoms with Crippen LogP contribution < -0.4 is 5.32 Å². The summed E-state index contributed by atoms with van der Waals surface area (Å²) in [5.74, 6) is 0.714. The highest BCUT2D eigenvalue weighted by molar-refractivity contribution is 5.14. The molecule has 1 unspecified atom stereocenters. The molecule has 0 aromatic heterocycles. The maximum Gasteiger partial charge on any atom is 0.0234 e. The second-order valence-electron chi connectivity index (χ2n) is 5.38. The Morgan fingerprint density at radius 2 is 2.06 bits per heavy atom. The van der Waals surface area contributed by atoms with E-state index in [1.165, 1.54) is 25.1 Å². The average Bonchev–Trinajstić information content (AvgIpc) is 2.56. The lowest BCUT2D eigenvalue weighted by atomic mass is 10.0. The van der Waals surface area contributed by atoms with Gasteiger partial charge in [-0.15, -0.1) is 0 Å². The van der Waals surface area contributed by atoms with Crippen molar-refractivity contribution in [2.75, 3.05) is 19.6 Å². The molecule has 1 aliphatic heterocycles. The first-order valence-corrected chi connectivity index (χ1v) is 6.75. The smallest absolute Gasteiger partial charge is 0.0234 e. The van der Waals surface area contributed by atoms with Crippen molar-refractivity contribution >= 4 is 0 Å². The fourth-order valence-electron chi connectivity index (χ4n) is 2.46. The summed E-state index contributed by atoms with van der Waals surface area (Å²) in [6, 6.07) is 11.4. The predicted octanol–water partition coefficient (Wildman–Crippen LogP) is 2.51. The first-order valence-electron chi connectivity index (χ1n) is 6.75. The number of hydrogen-bond donors (Lipinski definition) is 1. The number of benzene rings is 1. The minimum Gasteiger partial charge on any atom is -0.312 e. The number of nitrogens with zero attached hydrogens (tertiary/aromatic N) is 1. The van der Waals surface area contributed by atoms with E-state index in [9.17, 15) is 0 Å². The van der Waals surface area contributed by atoms with Crippen LogP contribution in [-0.4, -0.2) is 30.6 Å². The summed E-state index contributed by atoms with van der Waals surface area (Å²) in [6.45, 7) is 9.25. The molecular formula is C15H24N2. The van der Waals surface area contributed by atoms with E-state index in [1.807, 2.05) is 0 Å². The van der Waals surface area contributed by atoms with E-state index in [-0.39, 0.29) is 0 Å². The molecule has 0 bridgehead atoms. The second kappa shape index (κ2) is 6.18. The molecule has 2 nitrogen and oxygen atoms in total. The Bertz CT molecular complexity index is 321. The molecule has 1 aliphatic rings. The Morgan fingerprint density at radius 1 is 1.29 bits per heavy atom. The van der Waals surface area contributed by atoms with Crippen molar-refractivity contribution < 1.29 is 0 Å². The molecule has 0 spiro atoms. The summed E-state index contributed by atoms with van der Waals surface area (Å²) >= 11 is 0. The lowest BCUT2D eigenvalue weighted by Crippen LogP contribution is -2.40. The normalized spacial score (nSPS) is 22.6. The summed E-state index contributed by atoms with van der Waals surface area (Å²) in [6.07, 6.45) is 1.26. The van der Waals surface area contributed by atoms with Gasteiger partial charge in [-0.1, -0.05) is 44.2 Å². The molecule has 0 radical (unpaired) electrons. The van der Waals surface area contributed by atoms with Crippen molar-refractivity contribution in [3.63, 3.8) is 0 Å². The van der Waals surface area contributed by atoms with Crippen LogP contribution in [0.2, 0.25) is 0 Å². The molecule has 1 N–H and O–H groups in total. The molecule has 1 aromatic carbocycles. The molecule has 94 valence electrons. The van der Waals surface area contributed by atoms with Crippen LogP contribution in [0.15, 0.2) is 30.3 Å². The van der Waals surface area contributed by atoms with Gasteiger partial charge in [0.25, 0.3) is 0 Å². The minimum atomic E-state index is 0.640. The zero-order valence-corrected chi connectivity index (χ0v) is 11.0. The summed E-state index contributed by atoms with van der Waals surface area (Å²) < 4.78 is 0. The third kappa shape index (κ3) is 3.83. The van der Waals surface area contributed by atoms with Gasteiger partial charge in [0.1, 0.15) is 0 Å². The van der Waals surface area contributed by atoms with E-state index in [0.717, 1.165) is 13.1 Å². The first-order chi connectivity index (χ1) is 8.25. The zero-order valence-electron chi connectivity index (χ0n) is 11.0. The van der Waals surface area contributed by atoms with Crippen LogP contribution in [-0.2, 0) is 6.54 Å². The fraction of sp³-hybridized carbons (Fsp3) is 0.600. The Kier molecular flexibility index (Phi) is 4.57. The second-order valence-corrected chi connectivity index (χ2v) is 5.38. The van der Waals surface area contributed by atoms with E-state index in [2.05, 4.69) is 54.4 Å². The lowest BCUT2D eigenvalue weighted by Gasteiger charge is -2.26. The van der Waals surface area contributed by atoms with Crippen LogP contribution >= 0.6 is 0 Å². The monoisotopic (exact) mass is 232 g/mol. The number of nitrogens with one attached hydrogen (secondary N) is 1. The van der Waals surface area contributed by atoms with Crippen LogP contribution in [0.5, 0.6) is 0 Å². The van der Waals surface area contributed by atoms with Gasteiger partial charge in [0.2, 0.25) is 0 Å². The Morgan fingerprint density at radius 3 is 2.76 bits per heavy atom. The molecule has 0 amide bonds. The van der Waals surface area contributed by atoms with Crippen LogP contribution in [0.4, 0.5) is 0 Å². The Labute approximate surface area is 105 Å². The third-order valence-corrected chi connectivity index (χ3v) is 3.57. The molecule has 1 heterocycles. The minimum absolute atomic E-state index is 0.640. The number of hydrogen-bond acceptors (Lipinski definition) is 2. The highest BCUT2D eigenvalue weighted by atomic mass is 15.2. The van der Waals surface area contributed by atoms with Crippen molar-refractivity contribution in [3.8, 4) is 0 Å². The average molecular weight is 232 g/mol. The molecule has 2 rings (SSSR count). The molecular weight excluding hydrogens is 208 g/mol. The molecule has 2 heteroatoms. The van der Waals surface area contributed by atoms with Gasteiger partial charge in [0, 0.05) is 19.1 Å². The van der Waals surface area contributed by atoms with Crippen molar-refractivity contribution in [2.24, 2.45) is 5.92 Å². The summed E-state index contributed by atoms with van der Waals surface area (Å²) in [5.41, 5.74) is 1.43. The fourth-order valence-corrected chi connectivity index (χ4v) is 2.46. The zero-order chi connectivity index (χ0) is 12.1. The van der Waals surface area contributed by atoms with Gasteiger partial charge < -0.3 is 5.32 Å². The van der Waals surface area contributed by atoms with Crippen LogP contribution in [0, 0.1) is 5.92 Å².